The van der Waals surface area contributed by atoms with Crippen molar-refractivity contribution in [3.8, 4) is 11.1 Å². The highest BCUT2D eigenvalue weighted by molar-refractivity contribution is 6.06. The van der Waals surface area contributed by atoms with E-state index in [4.69, 9.17) is 10.2 Å². The van der Waals surface area contributed by atoms with Crippen LogP contribution in [-0.4, -0.2) is 50.2 Å². The fourth-order valence-corrected chi connectivity index (χ4v) is 3.01. The Bertz CT molecular complexity index is 1250. The quantitative estimate of drug-likeness (QED) is 0.361. The molecule has 3 aromatic rings. The minimum atomic E-state index is -1.36. The van der Waals surface area contributed by atoms with Crippen molar-refractivity contribution in [3.63, 3.8) is 0 Å². The van der Waals surface area contributed by atoms with Crippen LogP contribution in [0.5, 0.6) is 0 Å². The van der Waals surface area contributed by atoms with E-state index in [2.05, 4.69) is 5.32 Å². The number of hydrogen-bond donors (Lipinski definition) is 5. The van der Waals surface area contributed by atoms with Crippen LogP contribution < -0.4 is 5.32 Å². The van der Waals surface area contributed by atoms with Gasteiger partial charge in [0.05, 0.1) is 22.3 Å². The van der Waals surface area contributed by atoms with Crippen molar-refractivity contribution in [1.29, 1.82) is 0 Å². The van der Waals surface area contributed by atoms with Crippen LogP contribution in [0.15, 0.2) is 60.7 Å². The zero-order valence-electron chi connectivity index (χ0n) is 16.6. The maximum Gasteiger partial charge on any atom is 0.335 e. The fourth-order valence-electron chi connectivity index (χ4n) is 3.01. The molecule has 0 atom stereocenters. The predicted molar refractivity (Wildman–Crippen MR) is 114 cm³/mol. The number of benzene rings is 3. The molecule has 0 fully saturated rings. The Kier molecular flexibility index (Phi) is 6.20. The largest absolute Gasteiger partial charge is 0.478 e. The van der Waals surface area contributed by atoms with Crippen molar-refractivity contribution in [3.05, 3.63) is 88.5 Å². The van der Waals surface area contributed by atoms with Crippen LogP contribution in [-0.2, 0) is 0 Å². The summed E-state index contributed by atoms with van der Waals surface area (Å²) in [6.07, 6.45) is 0. The third-order valence-electron chi connectivity index (χ3n) is 4.59. The average Bonchev–Trinajstić information content (AvgIpc) is 2.78. The van der Waals surface area contributed by atoms with Crippen LogP contribution in [0.1, 0.15) is 51.8 Å². The Hall–Kier alpha value is -4.99. The number of carboxylic acid groups (broad SMARTS) is 4. The van der Waals surface area contributed by atoms with Gasteiger partial charge >= 0.3 is 23.9 Å². The molecular weight excluding hydrogens is 434 g/mol. The number of carbonyl (C=O) groups is 5. The summed E-state index contributed by atoms with van der Waals surface area (Å²) in [5, 5.41) is 39.1. The van der Waals surface area contributed by atoms with Crippen LogP contribution in [0.4, 0.5) is 5.69 Å². The van der Waals surface area contributed by atoms with Crippen LogP contribution in [0, 0.1) is 0 Å². The zero-order chi connectivity index (χ0) is 24.3. The van der Waals surface area contributed by atoms with Gasteiger partial charge in [-0.1, -0.05) is 12.1 Å². The second-order valence-corrected chi connectivity index (χ2v) is 6.85. The van der Waals surface area contributed by atoms with E-state index in [1.54, 1.807) is 0 Å². The van der Waals surface area contributed by atoms with Crippen LogP contribution in [0.25, 0.3) is 11.1 Å². The van der Waals surface area contributed by atoms with Gasteiger partial charge in [-0.3, -0.25) is 4.79 Å². The van der Waals surface area contributed by atoms with Gasteiger partial charge in [-0.2, -0.15) is 0 Å². The molecule has 166 valence electrons. The molecule has 3 aromatic carbocycles. The van der Waals surface area contributed by atoms with Gasteiger partial charge in [0.25, 0.3) is 5.91 Å². The molecule has 0 aliphatic rings. The van der Waals surface area contributed by atoms with E-state index in [0.29, 0.717) is 11.1 Å². The molecule has 0 aromatic heterocycles. The molecular formula is C23H15NO9. The minimum absolute atomic E-state index is 0.0263. The molecule has 10 nitrogen and oxygen atoms in total. The molecule has 0 saturated heterocycles. The number of nitrogens with one attached hydrogen (secondary N) is 1. The standard InChI is InChI=1S/C23H15NO9/c25-19(24-18-9-16(22(30)31)8-17(10-18)23(32)33)12-3-1-11(2-4-12)13-5-14(20(26)27)7-15(6-13)21(28)29/h1-10H,(H,24,25)(H,26,27)(H,28,29)(H,30,31)(H,32,33). The molecule has 0 spiro atoms. The van der Waals surface area contributed by atoms with Gasteiger partial charge in [-0.25, -0.2) is 19.2 Å². The summed E-state index contributed by atoms with van der Waals surface area (Å²) in [5.41, 5.74) is -0.150. The highest BCUT2D eigenvalue weighted by atomic mass is 16.4. The Balaban J connectivity index is 1.89. The molecule has 0 unspecified atom stereocenters. The molecule has 0 saturated carbocycles. The van der Waals surface area contributed by atoms with Crippen LogP contribution >= 0.6 is 0 Å². The number of carboxylic acids is 4. The molecule has 3 rings (SSSR count). The van der Waals surface area contributed by atoms with Crippen molar-refractivity contribution in [2.45, 2.75) is 0 Å². The molecule has 0 radical (unpaired) electrons. The maximum absolute atomic E-state index is 12.5. The molecule has 33 heavy (non-hydrogen) atoms. The van der Waals surface area contributed by atoms with Crippen LogP contribution in [0.2, 0.25) is 0 Å². The first-order chi connectivity index (χ1) is 15.5. The SMILES string of the molecule is O=C(O)c1cc(NC(=O)c2ccc(-c3cc(C(=O)O)cc(C(=O)O)c3)cc2)cc(C(=O)O)c1. The van der Waals surface area contributed by atoms with Gasteiger partial charge in [-0.15, -0.1) is 0 Å². The first-order valence-electron chi connectivity index (χ1n) is 9.20. The Morgan fingerprint density at radius 2 is 0.879 bits per heavy atom. The highest BCUT2D eigenvalue weighted by Crippen LogP contribution is 2.24. The molecule has 10 heteroatoms. The molecule has 5 N–H and O–H groups in total. The number of rotatable bonds is 7. The van der Waals surface area contributed by atoms with Gasteiger partial charge in [0, 0.05) is 11.3 Å². The molecule has 0 aliphatic heterocycles. The summed E-state index contributed by atoms with van der Waals surface area (Å²) in [6.45, 7) is 0. The Labute approximate surface area is 185 Å². The first kappa shape index (κ1) is 22.7. The van der Waals surface area contributed by atoms with Crippen molar-refractivity contribution in [1.82, 2.24) is 0 Å². The van der Waals surface area contributed by atoms with Crippen molar-refractivity contribution >= 4 is 35.5 Å². The summed E-state index contributed by atoms with van der Waals surface area (Å²) in [5.74, 6) is -5.95. The lowest BCUT2D eigenvalue weighted by molar-refractivity contribution is 0.0676. The normalized spacial score (nSPS) is 10.3. The number of hydrogen-bond acceptors (Lipinski definition) is 5. The van der Waals surface area contributed by atoms with Gasteiger partial charge in [0.15, 0.2) is 0 Å². The topological polar surface area (TPSA) is 178 Å². The van der Waals surface area contributed by atoms with E-state index in [-0.39, 0.29) is 33.5 Å². The molecule has 0 bridgehead atoms. The summed E-state index contributed by atoms with van der Waals surface area (Å²) < 4.78 is 0. The summed E-state index contributed by atoms with van der Waals surface area (Å²) in [6, 6.07) is 12.6. The first-order valence-corrected chi connectivity index (χ1v) is 9.20. The van der Waals surface area contributed by atoms with E-state index in [0.717, 1.165) is 24.3 Å². The second kappa shape index (κ2) is 9.02. The lowest BCUT2D eigenvalue weighted by Gasteiger charge is -2.09. The summed E-state index contributed by atoms with van der Waals surface area (Å²) >= 11 is 0. The Morgan fingerprint density at radius 3 is 1.27 bits per heavy atom. The van der Waals surface area contributed by atoms with Gasteiger partial charge < -0.3 is 25.7 Å². The third kappa shape index (κ3) is 5.20. The third-order valence-corrected chi connectivity index (χ3v) is 4.59. The highest BCUT2D eigenvalue weighted by Gasteiger charge is 2.15. The smallest absolute Gasteiger partial charge is 0.335 e. The van der Waals surface area contributed by atoms with E-state index < -0.39 is 29.8 Å². The average molecular weight is 449 g/mol. The lowest BCUT2D eigenvalue weighted by Crippen LogP contribution is -2.13. The lowest BCUT2D eigenvalue weighted by atomic mass is 9.98. The number of anilines is 1. The van der Waals surface area contributed by atoms with Gasteiger partial charge in [0.1, 0.15) is 0 Å². The minimum Gasteiger partial charge on any atom is -0.478 e. The fraction of sp³-hybridized carbons (Fsp3) is 0. The molecule has 0 heterocycles. The van der Waals surface area contributed by atoms with E-state index in [9.17, 15) is 34.2 Å². The summed E-state index contributed by atoms with van der Waals surface area (Å²) in [4.78, 5) is 57.5. The number of amides is 1. The van der Waals surface area contributed by atoms with Crippen molar-refractivity contribution < 1.29 is 44.4 Å². The Morgan fingerprint density at radius 1 is 0.485 bits per heavy atom. The number of carbonyl (C=O) groups excluding carboxylic acids is 1. The van der Waals surface area contributed by atoms with E-state index in [1.165, 1.54) is 36.4 Å². The van der Waals surface area contributed by atoms with Crippen LogP contribution in [0.3, 0.4) is 0 Å². The molecule has 1 amide bonds. The molecule has 0 aliphatic carbocycles. The number of aromatic carboxylic acids is 4. The zero-order valence-corrected chi connectivity index (χ0v) is 16.6. The van der Waals surface area contributed by atoms with E-state index >= 15 is 0 Å². The maximum atomic E-state index is 12.5. The summed E-state index contributed by atoms with van der Waals surface area (Å²) in [7, 11) is 0. The van der Waals surface area contributed by atoms with Gasteiger partial charge in [-0.05, 0) is 59.7 Å². The van der Waals surface area contributed by atoms with Crippen molar-refractivity contribution in [2.24, 2.45) is 0 Å². The van der Waals surface area contributed by atoms with Crippen molar-refractivity contribution in [2.75, 3.05) is 5.32 Å². The monoisotopic (exact) mass is 449 g/mol. The second-order valence-electron chi connectivity index (χ2n) is 6.85. The van der Waals surface area contributed by atoms with Gasteiger partial charge in [0.2, 0.25) is 0 Å². The predicted octanol–water partition coefficient (Wildman–Crippen LogP) is 3.40. The van der Waals surface area contributed by atoms with E-state index in [1.807, 2.05) is 0 Å².